The van der Waals surface area contributed by atoms with Gasteiger partial charge in [-0.05, 0) is 75.1 Å². The first-order valence-corrected chi connectivity index (χ1v) is 16.8. The van der Waals surface area contributed by atoms with Crippen molar-refractivity contribution in [1.29, 1.82) is 0 Å². The molecule has 0 amide bonds. The van der Waals surface area contributed by atoms with Crippen molar-refractivity contribution in [3.05, 3.63) is 73.4 Å². The van der Waals surface area contributed by atoms with Gasteiger partial charge in [0.05, 0.1) is 0 Å². The normalized spacial score (nSPS) is 18.3. The maximum absolute atomic E-state index is 5.77. The van der Waals surface area contributed by atoms with Crippen LogP contribution in [0.15, 0.2) is 60.7 Å². The molecule has 1 aliphatic carbocycles. The molecule has 182 valence electrons. The van der Waals surface area contributed by atoms with Crippen molar-refractivity contribution >= 4 is 82.0 Å². The van der Waals surface area contributed by atoms with Gasteiger partial charge in [-0.15, -0.1) is 0 Å². The van der Waals surface area contributed by atoms with Crippen molar-refractivity contribution in [3.8, 4) is 0 Å². The van der Waals surface area contributed by atoms with Gasteiger partial charge in [0.2, 0.25) is 0 Å². The Hall–Kier alpha value is -0.560. The Morgan fingerprint density at radius 1 is 0.853 bits per heavy atom. The van der Waals surface area contributed by atoms with Crippen LogP contribution in [0.25, 0.3) is 0 Å². The van der Waals surface area contributed by atoms with E-state index in [1.54, 1.807) is 0 Å². The van der Waals surface area contributed by atoms with Crippen LogP contribution in [-0.4, -0.2) is 9.97 Å². The molecule has 1 aliphatic rings. The molecule has 1 unspecified atom stereocenters. The SMILES string of the molecule is Cc1c(I)cc(PNc2ccc(NNC3CCC([I-]Nc4ccc(N)cc4)CC3)cc2)cc1I. The zero-order valence-electron chi connectivity index (χ0n) is 19.0. The van der Waals surface area contributed by atoms with E-state index in [1.807, 2.05) is 12.1 Å². The van der Waals surface area contributed by atoms with E-state index in [-0.39, 0.29) is 21.5 Å². The smallest absolute Gasteiger partial charge is 0.0176 e. The minimum atomic E-state index is -0.0354. The van der Waals surface area contributed by atoms with Gasteiger partial charge in [-0.3, -0.25) is 0 Å². The summed E-state index contributed by atoms with van der Waals surface area (Å²) in [5.41, 5.74) is 18.4. The minimum absolute atomic E-state index is 0.0354. The van der Waals surface area contributed by atoms with Gasteiger partial charge >= 0.3 is 162 Å². The van der Waals surface area contributed by atoms with Gasteiger partial charge in [-0.25, -0.2) is 0 Å². The van der Waals surface area contributed by atoms with Crippen molar-refractivity contribution in [2.45, 2.75) is 42.6 Å². The Kier molecular flexibility index (Phi) is 10.2. The number of halogens is 3. The molecule has 0 saturated heterocycles. The minimum Gasteiger partial charge on any atom is -0.0440 e. The summed E-state index contributed by atoms with van der Waals surface area (Å²) in [7, 11) is 0.556. The van der Waals surface area contributed by atoms with Crippen LogP contribution < -0.4 is 52.0 Å². The predicted molar refractivity (Wildman–Crippen MR) is 162 cm³/mol. The van der Waals surface area contributed by atoms with Crippen molar-refractivity contribution in [3.63, 3.8) is 0 Å². The molecule has 1 atom stereocenters. The second-order valence-electron chi connectivity index (χ2n) is 8.44. The van der Waals surface area contributed by atoms with Crippen LogP contribution >= 0.6 is 53.9 Å². The molecular weight excluding hydrogens is 782 g/mol. The standard InChI is InChI=1S/C25H30I3N5P/c1-16-24(26)14-23(15-25(16)27)34-33-22-12-10-21(11-13-22)32-31-20-6-2-17(3-7-20)28-30-19-8-4-18(29)5-9-19/h4-5,8-15,17,20,30-34H,2-3,6-7,29H2,1H3/q-1. The van der Waals surface area contributed by atoms with Crippen molar-refractivity contribution in [2.24, 2.45) is 0 Å². The quantitative estimate of drug-likeness (QED) is 0.0573. The molecule has 9 heteroatoms. The van der Waals surface area contributed by atoms with E-state index in [1.165, 1.54) is 49.4 Å². The first-order valence-electron chi connectivity index (χ1n) is 11.3. The summed E-state index contributed by atoms with van der Waals surface area (Å²) in [5.74, 6) is 0. The van der Waals surface area contributed by atoms with Crippen LogP contribution in [0.1, 0.15) is 31.2 Å². The molecule has 5 nitrogen and oxygen atoms in total. The summed E-state index contributed by atoms with van der Waals surface area (Å²) in [6, 6.07) is 21.7. The molecule has 0 heterocycles. The third-order valence-corrected chi connectivity index (χ3v) is 12.1. The van der Waals surface area contributed by atoms with Crippen LogP contribution in [0, 0.1) is 14.1 Å². The topological polar surface area (TPSA) is 74.1 Å². The molecule has 6 N–H and O–H groups in total. The molecule has 0 spiro atoms. The van der Waals surface area contributed by atoms with Crippen LogP contribution in [0.2, 0.25) is 0 Å². The zero-order chi connectivity index (χ0) is 23.9. The van der Waals surface area contributed by atoms with E-state index in [2.05, 4.69) is 120 Å². The number of nitrogens with one attached hydrogen (secondary N) is 4. The molecule has 0 aromatic heterocycles. The van der Waals surface area contributed by atoms with E-state index >= 15 is 0 Å². The largest absolute Gasteiger partial charge is 0.0440 e. The predicted octanol–water partition coefficient (Wildman–Crippen LogP) is 3.46. The van der Waals surface area contributed by atoms with Crippen LogP contribution in [0.3, 0.4) is 0 Å². The number of nitrogen functional groups attached to an aromatic ring is 1. The van der Waals surface area contributed by atoms with E-state index in [0.29, 0.717) is 14.8 Å². The fourth-order valence-electron chi connectivity index (χ4n) is 3.68. The Labute approximate surface area is 242 Å². The monoisotopic (exact) mass is 812 g/mol. The molecule has 3 aromatic rings. The summed E-state index contributed by atoms with van der Waals surface area (Å²) in [5, 5.41) is 4.90. The Bertz CT molecular complexity index is 1050. The first-order chi connectivity index (χ1) is 16.5. The fraction of sp³-hybridized carbons (Fsp3) is 0.280. The second kappa shape index (κ2) is 13.1. The maximum atomic E-state index is 5.77. The number of nitrogens with two attached hydrogens (primary N) is 1. The molecule has 0 aliphatic heterocycles. The zero-order valence-corrected chi connectivity index (χ0v) is 26.4. The summed E-state index contributed by atoms with van der Waals surface area (Å²) in [4.78, 5) is 0. The average molecular weight is 812 g/mol. The average Bonchev–Trinajstić information content (AvgIpc) is 2.85. The third-order valence-electron chi connectivity index (χ3n) is 5.82. The molecule has 0 bridgehead atoms. The molecule has 3 aromatic carbocycles. The number of hydrazine groups is 1. The summed E-state index contributed by atoms with van der Waals surface area (Å²) >= 11 is 4.81. The Balaban J connectivity index is 1.16. The third kappa shape index (κ3) is 7.97. The van der Waals surface area contributed by atoms with Crippen LogP contribution in [-0.2, 0) is 0 Å². The van der Waals surface area contributed by atoms with E-state index < -0.39 is 0 Å². The summed E-state index contributed by atoms with van der Waals surface area (Å²) < 4.78 is 7.15. The number of rotatable bonds is 9. The maximum Gasteiger partial charge on any atom is 0.0176 e. The fourth-order valence-corrected chi connectivity index (χ4v) is 9.42. The number of anilines is 4. The number of hydrogen-bond donors (Lipinski definition) is 5. The number of alkyl halides is 1. The Morgan fingerprint density at radius 3 is 2.09 bits per heavy atom. The Morgan fingerprint density at radius 2 is 1.44 bits per heavy atom. The van der Waals surface area contributed by atoms with Crippen molar-refractivity contribution in [2.75, 3.05) is 19.8 Å². The molecule has 0 radical (unpaired) electrons. The second-order valence-corrected chi connectivity index (χ2v) is 14.8. The van der Waals surface area contributed by atoms with Crippen LogP contribution in [0.5, 0.6) is 0 Å². The molecule has 1 fully saturated rings. The van der Waals surface area contributed by atoms with E-state index in [9.17, 15) is 0 Å². The van der Waals surface area contributed by atoms with E-state index in [0.717, 1.165) is 21.0 Å². The molecule has 1 saturated carbocycles. The molecule has 4 rings (SSSR count). The summed E-state index contributed by atoms with van der Waals surface area (Å²) in [6.45, 7) is 2.18. The van der Waals surface area contributed by atoms with E-state index in [4.69, 9.17) is 5.73 Å². The first kappa shape index (κ1) is 26.5. The van der Waals surface area contributed by atoms with Gasteiger partial charge in [-0.2, -0.15) is 0 Å². The number of benzene rings is 3. The van der Waals surface area contributed by atoms with Gasteiger partial charge in [0.15, 0.2) is 0 Å². The summed E-state index contributed by atoms with van der Waals surface area (Å²) in [6.07, 6.45) is 5.01. The van der Waals surface area contributed by atoms with Gasteiger partial charge in [0.25, 0.3) is 0 Å². The van der Waals surface area contributed by atoms with Gasteiger partial charge in [-0.1, -0.05) is 0 Å². The number of hydrogen-bond acceptors (Lipinski definition) is 5. The van der Waals surface area contributed by atoms with Crippen molar-refractivity contribution < 1.29 is 21.5 Å². The van der Waals surface area contributed by atoms with Crippen molar-refractivity contribution in [1.82, 2.24) is 5.43 Å². The van der Waals surface area contributed by atoms with Gasteiger partial charge in [0, 0.05) is 7.14 Å². The molecule has 34 heavy (non-hydrogen) atoms. The van der Waals surface area contributed by atoms with Gasteiger partial charge < -0.3 is 0 Å². The van der Waals surface area contributed by atoms with Gasteiger partial charge in [0.1, 0.15) is 0 Å². The molecular formula is C25H30I3N5P-. The van der Waals surface area contributed by atoms with Crippen LogP contribution in [0.4, 0.5) is 22.7 Å².